The summed E-state index contributed by atoms with van der Waals surface area (Å²) in [4.78, 5) is 22.0. The quantitative estimate of drug-likeness (QED) is 0.765. The Bertz CT molecular complexity index is 457. The third-order valence-corrected chi connectivity index (χ3v) is 3.54. The van der Waals surface area contributed by atoms with Gasteiger partial charge in [-0.15, -0.1) is 0 Å². The van der Waals surface area contributed by atoms with Crippen LogP contribution in [0.2, 0.25) is 0 Å². The van der Waals surface area contributed by atoms with E-state index in [0.29, 0.717) is 31.9 Å². The Labute approximate surface area is 124 Å². The summed E-state index contributed by atoms with van der Waals surface area (Å²) in [6.07, 6.45) is 5.16. The van der Waals surface area contributed by atoms with E-state index in [9.17, 15) is 9.90 Å². The maximum Gasteiger partial charge on any atom is 0.225 e. The molecule has 1 aromatic heterocycles. The highest BCUT2D eigenvalue weighted by molar-refractivity contribution is 5.76. The van der Waals surface area contributed by atoms with Crippen LogP contribution < -0.4 is 10.2 Å². The maximum atomic E-state index is 11.6. The van der Waals surface area contributed by atoms with E-state index in [2.05, 4.69) is 15.3 Å². The van der Waals surface area contributed by atoms with E-state index in [1.54, 1.807) is 25.6 Å². The normalized spacial score (nSPS) is 22.1. The van der Waals surface area contributed by atoms with Crippen LogP contribution in [-0.4, -0.2) is 59.9 Å². The van der Waals surface area contributed by atoms with E-state index in [0.717, 1.165) is 13.0 Å². The predicted octanol–water partition coefficient (Wildman–Crippen LogP) is -0.0394. The van der Waals surface area contributed by atoms with Gasteiger partial charge in [-0.05, 0) is 18.9 Å². The van der Waals surface area contributed by atoms with E-state index in [-0.39, 0.29) is 12.5 Å². The molecule has 116 valence electrons. The van der Waals surface area contributed by atoms with Gasteiger partial charge in [-0.3, -0.25) is 4.79 Å². The minimum Gasteiger partial charge on any atom is -0.386 e. The molecule has 21 heavy (non-hydrogen) atoms. The lowest BCUT2D eigenvalue weighted by atomic mass is 9.93. The molecule has 2 rings (SSSR count). The summed E-state index contributed by atoms with van der Waals surface area (Å²) in [5.74, 6) is 0.500. The Morgan fingerprint density at radius 2 is 2.29 bits per heavy atom. The highest BCUT2D eigenvalue weighted by Gasteiger charge is 2.34. The van der Waals surface area contributed by atoms with Crippen molar-refractivity contribution in [2.24, 2.45) is 0 Å². The molecule has 1 amide bonds. The minimum absolute atomic E-state index is 0.113. The summed E-state index contributed by atoms with van der Waals surface area (Å²) >= 11 is 0. The maximum absolute atomic E-state index is 11.6. The fraction of sp³-hybridized carbons (Fsp3) is 0.643. The Morgan fingerprint density at radius 3 is 3.00 bits per heavy atom. The van der Waals surface area contributed by atoms with Crippen molar-refractivity contribution in [3.63, 3.8) is 0 Å². The monoisotopic (exact) mass is 294 g/mol. The number of aliphatic hydroxyl groups is 1. The molecule has 7 nitrogen and oxygen atoms in total. The number of β-amino-alcohol motifs (C(OH)–C–C–N with tert-alkyl or cyclic N) is 1. The summed E-state index contributed by atoms with van der Waals surface area (Å²) in [6.45, 7) is 1.85. The number of anilines is 1. The van der Waals surface area contributed by atoms with Gasteiger partial charge in [0, 0.05) is 39.0 Å². The summed E-state index contributed by atoms with van der Waals surface area (Å²) in [6, 6.07) is 1.76. The van der Waals surface area contributed by atoms with E-state index >= 15 is 0 Å². The minimum atomic E-state index is -0.944. The Kier molecular flexibility index (Phi) is 5.46. The number of carbonyl (C=O) groups is 1. The number of piperidine rings is 1. The Balaban J connectivity index is 1.88. The van der Waals surface area contributed by atoms with E-state index < -0.39 is 5.60 Å². The summed E-state index contributed by atoms with van der Waals surface area (Å²) in [5, 5.41) is 13.4. The number of methoxy groups -OCH3 is 1. The molecule has 1 aliphatic heterocycles. The topological polar surface area (TPSA) is 87.6 Å². The fourth-order valence-electron chi connectivity index (χ4n) is 2.43. The zero-order chi connectivity index (χ0) is 15.1. The highest BCUT2D eigenvalue weighted by Crippen LogP contribution is 2.23. The number of aromatic nitrogens is 2. The van der Waals surface area contributed by atoms with E-state index in [1.807, 2.05) is 4.90 Å². The Morgan fingerprint density at radius 1 is 1.52 bits per heavy atom. The van der Waals surface area contributed by atoms with Crippen molar-refractivity contribution < 1.29 is 14.6 Å². The lowest BCUT2D eigenvalue weighted by molar-refractivity contribution is -0.123. The summed E-state index contributed by atoms with van der Waals surface area (Å²) < 4.78 is 4.86. The van der Waals surface area contributed by atoms with E-state index in [4.69, 9.17) is 4.74 Å². The number of nitrogens with zero attached hydrogens (tertiary/aromatic N) is 3. The molecule has 0 bridgehead atoms. The first-order valence-corrected chi connectivity index (χ1v) is 7.13. The van der Waals surface area contributed by atoms with Crippen molar-refractivity contribution in [3.05, 3.63) is 18.5 Å². The average Bonchev–Trinajstić information content (AvgIpc) is 2.52. The van der Waals surface area contributed by atoms with Crippen molar-refractivity contribution in [2.75, 3.05) is 38.3 Å². The summed E-state index contributed by atoms with van der Waals surface area (Å²) in [5.41, 5.74) is -0.944. The van der Waals surface area contributed by atoms with Gasteiger partial charge < -0.3 is 20.1 Å². The van der Waals surface area contributed by atoms with Crippen LogP contribution in [0.1, 0.15) is 19.3 Å². The number of amides is 1. The molecule has 0 aliphatic carbocycles. The molecule has 0 spiro atoms. The SMILES string of the molecule is COCCC(=O)NC[C@]1(O)CCCN(c2ncccn2)C1. The van der Waals surface area contributed by atoms with Crippen LogP contribution in [0.3, 0.4) is 0 Å². The Hall–Kier alpha value is -1.73. The molecule has 0 unspecified atom stereocenters. The smallest absolute Gasteiger partial charge is 0.225 e. The van der Waals surface area contributed by atoms with Crippen molar-refractivity contribution in [1.82, 2.24) is 15.3 Å². The van der Waals surface area contributed by atoms with Gasteiger partial charge >= 0.3 is 0 Å². The van der Waals surface area contributed by atoms with Crippen molar-refractivity contribution in [3.8, 4) is 0 Å². The average molecular weight is 294 g/mol. The first-order valence-electron chi connectivity index (χ1n) is 7.13. The number of ether oxygens (including phenoxy) is 1. The number of rotatable bonds is 6. The first-order chi connectivity index (χ1) is 10.1. The molecule has 1 saturated heterocycles. The zero-order valence-corrected chi connectivity index (χ0v) is 12.3. The van der Waals surface area contributed by atoms with Crippen molar-refractivity contribution in [1.29, 1.82) is 0 Å². The number of hydrogen-bond acceptors (Lipinski definition) is 6. The molecule has 0 aromatic carbocycles. The number of carbonyl (C=O) groups excluding carboxylic acids is 1. The predicted molar refractivity (Wildman–Crippen MR) is 77.9 cm³/mol. The van der Waals surface area contributed by atoms with E-state index in [1.165, 1.54) is 0 Å². The molecule has 1 atom stereocenters. The largest absolute Gasteiger partial charge is 0.386 e. The van der Waals surface area contributed by atoms with Gasteiger partial charge in [0.15, 0.2) is 0 Å². The molecule has 1 fully saturated rings. The van der Waals surface area contributed by atoms with Gasteiger partial charge in [0.25, 0.3) is 0 Å². The molecule has 1 aliphatic rings. The molecule has 7 heteroatoms. The van der Waals surface area contributed by atoms with Crippen LogP contribution in [0, 0.1) is 0 Å². The second kappa shape index (κ2) is 7.33. The number of nitrogens with one attached hydrogen (secondary N) is 1. The van der Waals surface area contributed by atoms with Gasteiger partial charge in [0.1, 0.15) is 0 Å². The second-order valence-corrected chi connectivity index (χ2v) is 5.32. The van der Waals surface area contributed by atoms with Gasteiger partial charge in [0.2, 0.25) is 11.9 Å². The zero-order valence-electron chi connectivity index (χ0n) is 12.3. The molecule has 0 radical (unpaired) electrons. The standard InChI is InChI=1S/C14H22N4O3/c1-21-9-4-12(19)17-10-14(20)5-2-8-18(11-14)13-15-6-3-7-16-13/h3,6-7,20H,2,4-5,8-11H2,1H3,(H,17,19)/t14-/m1/s1. The summed E-state index contributed by atoms with van der Waals surface area (Å²) in [7, 11) is 1.56. The van der Waals surface area contributed by atoms with Crippen LogP contribution in [0.25, 0.3) is 0 Å². The van der Waals surface area contributed by atoms with Crippen LogP contribution in [0.5, 0.6) is 0 Å². The second-order valence-electron chi connectivity index (χ2n) is 5.32. The van der Waals surface area contributed by atoms with Crippen LogP contribution in [0.15, 0.2) is 18.5 Å². The fourth-order valence-corrected chi connectivity index (χ4v) is 2.43. The lowest BCUT2D eigenvalue weighted by Crippen LogP contribution is -2.54. The molecule has 2 N–H and O–H groups in total. The van der Waals surface area contributed by atoms with Crippen LogP contribution in [0.4, 0.5) is 5.95 Å². The molecular weight excluding hydrogens is 272 g/mol. The van der Waals surface area contributed by atoms with Crippen LogP contribution in [-0.2, 0) is 9.53 Å². The molecular formula is C14H22N4O3. The van der Waals surface area contributed by atoms with Crippen molar-refractivity contribution in [2.45, 2.75) is 24.9 Å². The van der Waals surface area contributed by atoms with Gasteiger partial charge in [0.05, 0.1) is 18.8 Å². The van der Waals surface area contributed by atoms with Gasteiger partial charge in [-0.25, -0.2) is 9.97 Å². The first kappa shape index (κ1) is 15.7. The highest BCUT2D eigenvalue weighted by atomic mass is 16.5. The van der Waals surface area contributed by atoms with Gasteiger partial charge in [-0.2, -0.15) is 0 Å². The van der Waals surface area contributed by atoms with Gasteiger partial charge in [-0.1, -0.05) is 0 Å². The molecule has 2 heterocycles. The lowest BCUT2D eigenvalue weighted by Gasteiger charge is -2.39. The van der Waals surface area contributed by atoms with Crippen molar-refractivity contribution >= 4 is 11.9 Å². The molecule has 0 saturated carbocycles. The third-order valence-electron chi connectivity index (χ3n) is 3.54. The number of hydrogen-bond donors (Lipinski definition) is 2. The third kappa shape index (κ3) is 4.64. The molecule has 1 aromatic rings. The van der Waals surface area contributed by atoms with Crippen LogP contribution >= 0.6 is 0 Å².